The van der Waals surface area contributed by atoms with E-state index in [1.165, 1.54) is 10.6 Å². The van der Waals surface area contributed by atoms with Crippen LogP contribution in [0.2, 0.25) is 0 Å². The highest BCUT2D eigenvalue weighted by Gasteiger charge is 2.30. The lowest BCUT2D eigenvalue weighted by Gasteiger charge is -2.32. The summed E-state index contributed by atoms with van der Waals surface area (Å²) < 4.78 is 25.0. The van der Waals surface area contributed by atoms with Gasteiger partial charge in [-0.2, -0.15) is 0 Å². The van der Waals surface area contributed by atoms with Crippen molar-refractivity contribution in [2.45, 2.75) is 26.2 Å². The predicted octanol–water partition coefficient (Wildman–Crippen LogP) is 0.997. The van der Waals surface area contributed by atoms with E-state index in [2.05, 4.69) is 5.32 Å². The fourth-order valence-electron chi connectivity index (χ4n) is 3.73. The van der Waals surface area contributed by atoms with Crippen molar-refractivity contribution in [3.05, 3.63) is 29.3 Å². The normalized spacial score (nSPS) is 20.0. The third kappa shape index (κ3) is 3.70. The second-order valence-electron chi connectivity index (χ2n) is 6.91. The highest BCUT2D eigenvalue weighted by molar-refractivity contribution is 7.92. The maximum atomic E-state index is 12.9. The van der Waals surface area contributed by atoms with Gasteiger partial charge in [0, 0.05) is 31.7 Å². The number of carbonyl (C=O) groups excluding carboxylic acids is 2. The van der Waals surface area contributed by atoms with Crippen LogP contribution in [0, 0.1) is 5.92 Å². The van der Waals surface area contributed by atoms with E-state index >= 15 is 0 Å². The molecule has 7 nitrogen and oxygen atoms in total. The molecule has 8 heteroatoms. The average Bonchev–Trinajstić information content (AvgIpc) is 3.05. The Morgan fingerprint density at radius 3 is 2.73 bits per heavy atom. The molecule has 1 fully saturated rings. The van der Waals surface area contributed by atoms with E-state index in [9.17, 15) is 18.0 Å². The highest BCUT2D eigenvalue weighted by Crippen LogP contribution is 2.31. The van der Waals surface area contributed by atoms with Crippen LogP contribution >= 0.6 is 0 Å². The van der Waals surface area contributed by atoms with E-state index in [0.29, 0.717) is 43.9 Å². The minimum Gasteiger partial charge on any atom is -0.356 e. The summed E-state index contributed by atoms with van der Waals surface area (Å²) in [6.07, 6.45) is 3.39. The van der Waals surface area contributed by atoms with E-state index in [4.69, 9.17) is 0 Å². The third-order valence-electron chi connectivity index (χ3n) is 5.01. The number of rotatable bonds is 4. The number of amides is 2. The van der Waals surface area contributed by atoms with Crippen molar-refractivity contribution in [1.29, 1.82) is 0 Å². The SMILES string of the molecule is CCNC(=O)C1CCCN(C(=O)c2ccc3c(c2)CCN3S(C)(=O)=O)C1. The molecule has 142 valence electrons. The molecule has 1 aromatic carbocycles. The molecular weight excluding hydrogens is 354 g/mol. The van der Waals surface area contributed by atoms with Crippen LogP contribution < -0.4 is 9.62 Å². The Labute approximate surface area is 154 Å². The van der Waals surface area contributed by atoms with Crippen molar-refractivity contribution >= 4 is 27.5 Å². The van der Waals surface area contributed by atoms with E-state index in [1.54, 1.807) is 23.1 Å². The average molecular weight is 379 g/mol. The van der Waals surface area contributed by atoms with Crippen LogP contribution in [-0.2, 0) is 21.2 Å². The third-order valence-corrected chi connectivity index (χ3v) is 6.19. The van der Waals surface area contributed by atoms with Crippen LogP contribution in [0.3, 0.4) is 0 Å². The number of likely N-dealkylation sites (tertiary alicyclic amines) is 1. The van der Waals surface area contributed by atoms with Gasteiger partial charge in [-0.3, -0.25) is 13.9 Å². The smallest absolute Gasteiger partial charge is 0.253 e. The van der Waals surface area contributed by atoms with Gasteiger partial charge in [-0.25, -0.2) is 8.42 Å². The lowest BCUT2D eigenvalue weighted by Crippen LogP contribution is -2.45. The van der Waals surface area contributed by atoms with Gasteiger partial charge in [0.25, 0.3) is 5.91 Å². The topological polar surface area (TPSA) is 86.8 Å². The van der Waals surface area contributed by atoms with Crippen molar-refractivity contribution in [2.24, 2.45) is 5.92 Å². The summed E-state index contributed by atoms with van der Waals surface area (Å²) in [5, 5.41) is 2.83. The van der Waals surface area contributed by atoms with E-state index in [-0.39, 0.29) is 17.7 Å². The first-order valence-corrected chi connectivity index (χ1v) is 10.8. The molecule has 1 aromatic rings. The van der Waals surface area contributed by atoms with Crippen molar-refractivity contribution in [2.75, 3.05) is 36.7 Å². The number of nitrogens with one attached hydrogen (secondary N) is 1. The number of fused-ring (bicyclic) bond motifs is 1. The standard InChI is InChI=1S/C18H25N3O4S/c1-3-19-17(22)15-5-4-9-20(12-15)18(23)14-6-7-16-13(11-14)8-10-21(16)26(2,24)25/h6-7,11,15H,3-5,8-10,12H2,1-2H3,(H,19,22). The molecule has 2 aliphatic heterocycles. The van der Waals surface area contributed by atoms with Gasteiger partial charge in [0.2, 0.25) is 15.9 Å². The van der Waals surface area contributed by atoms with Gasteiger partial charge in [-0.15, -0.1) is 0 Å². The number of hydrogen-bond donors (Lipinski definition) is 1. The zero-order valence-corrected chi connectivity index (χ0v) is 16.0. The number of carbonyl (C=O) groups is 2. The van der Waals surface area contributed by atoms with Crippen LogP contribution in [0.5, 0.6) is 0 Å². The molecule has 1 atom stereocenters. The molecule has 0 radical (unpaired) electrons. The Balaban J connectivity index is 1.76. The van der Waals surface area contributed by atoms with Gasteiger partial charge in [0.1, 0.15) is 0 Å². The largest absolute Gasteiger partial charge is 0.356 e. The van der Waals surface area contributed by atoms with Crippen LogP contribution in [-0.4, -0.2) is 57.6 Å². The minimum absolute atomic E-state index is 0.00254. The zero-order valence-electron chi connectivity index (χ0n) is 15.2. The Kier molecular flexibility index (Phi) is 5.22. The van der Waals surface area contributed by atoms with Crippen molar-refractivity contribution in [3.63, 3.8) is 0 Å². The van der Waals surface area contributed by atoms with E-state index in [0.717, 1.165) is 18.4 Å². The number of piperidine rings is 1. The maximum Gasteiger partial charge on any atom is 0.253 e. The van der Waals surface area contributed by atoms with Gasteiger partial charge in [0.15, 0.2) is 0 Å². The van der Waals surface area contributed by atoms with E-state index in [1.807, 2.05) is 6.92 Å². The fraction of sp³-hybridized carbons (Fsp3) is 0.556. The monoisotopic (exact) mass is 379 g/mol. The molecule has 1 N–H and O–H groups in total. The first kappa shape index (κ1) is 18.7. The van der Waals surface area contributed by atoms with Crippen LogP contribution in [0.15, 0.2) is 18.2 Å². The van der Waals surface area contributed by atoms with E-state index < -0.39 is 10.0 Å². The van der Waals surface area contributed by atoms with Crippen LogP contribution in [0.1, 0.15) is 35.7 Å². The van der Waals surface area contributed by atoms with Gasteiger partial charge in [-0.05, 0) is 49.9 Å². The highest BCUT2D eigenvalue weighted by atomic mass is 32.2. The molecule has 0 aliphatic carbocycles. The molecule has 26 heavy (non-hydrogen) atoms. The first-order valence-electron chi connectivity index (χ1n) is 8.99. The first-order chi connectivity index (χ1) is 12.3. The lowest BCUT2D eigenvalue weighted by molar-refractivity contribution is -0.126. The summed E-state index contributed by atoms with van der Waals surface area (Å²) in [5.74, 6) is -0.259. The summed E-state index contributed by atoms with van der Waals surface area (Å²) in [6.45, 7) is 3.95. The molecule has 2 amide bonds. The zero-order chi connectivity index (χ0) is 18.9. The number of anilines is 1. The Hall–Kier alpha value is -2.09. The second-order valence-corrected chi connectivity index (χ2v) is 8.82. The number of nitrogens with zero attached hydrogens (tertiary/aromatic N) is 2. The predicted molar refractivity (Wildman–Crippen MR) is 99.6 cm³/mol. The van der Waals surface area contributed by atoms with Gasteiger partial charge < -0.3 is 10.2 Å². The fourth-order valence-corrected chi connectivity index (χ4v) is 4.68. The number of benzene rings is 1. The second kappa shape index (κ2) is 7.26. The molecule has 0 bridgehead atoms. The van der Waals surface area contributed by atoms with Crippen LogP contribution in [0.4, 0.5) is 5.69 Å². The Morgan fingerprint density at radius 1 is 1.27 bits per heavy atom. The van der Waals surface area contributed by atoms with Crippen molar-refractivity contribution in [3.8, 4) is 0 Å². The quantitative estimate of drug-likeness (QED) is 0.845. The van der Waals surface area contributed by atoms with Crippen LogP contribution in [0.25, 0.3) is 0 Å². The molecule has 2 aliphatic rings. The molecule has 1 saturated heterocycles. The van der Waals surface area contributed by atoms with Gasteiger partial charge >= 0.3 is 0 Å². The molecule has 0 aromatic heterocycles. The molecular formula is C18H25N3O4S. The minimum atomic E-state index is -3.30. The van der Waals surface area contributed by atoms with Gasteiger partial charge in [0.05, 0.1) is 17.9 Å². The lowest BCUT2D eigenvalue weighted by atomic mass is 9.96. The van der Waals surface area contributed by atoms with Gasteiger partial charge in [-0.1, -0.05) is 0 Å². The summed E-state index contributed by atoms with van der Waals surface area (Å²) >= 11 is 0. The summed E-state index contributed by atoms with van der Waals surface area (Å²) in [5.41, 5.74) is 2.08. The molecule has 0 saturated carbocycles. The molecule has 0 spiro atoms. The van der Waals surface area contributed by atoms with Crippen molar-refractivity contribution < 1.29 is 18.0 Å². The Bertz CT molecular complexity index is 822. The number of sulfonamides is 1. The molecule has 2 heterocycles. The summed E-state index contributed by atoms with van der Waals surface area (Å²) in [4.78, 5) is 26.7. The molecule has 1 unspecified atom stereocenters. The van der Waals surface area contributed by atoms with Crippen molar-refractivity contribution in [1.82, 2.24) is 10.2 Å². The summed E-state index contributed by atoms with van der Waals surface area (Å²) in [7, 11) is -3.30. The molecule has 3 rings (SSSR count). The maximum absolute atomic E-state index is 12.9. The summed E-state index contributed by atoms with van der Waals surface area (Å²) in [6, 6.07) is 5.18. The Morgan fingerprint density at radius 2 is 2.04 bits per heavy atom. The number of hydrogen-bond acceptors (Lipinski definition) is 4.